The fourth-order valence-corrected chi connectivity index (χ4v) is 5.39. The smallest absolute Gasteiger partial charge is 0.341 e. The van der Waals surface area contributed by atoms with Crippen LogP contribution in [0.1, 0.15) is 15.9 Å². The summed E-state index contributed by atoms with van der Waals surface area (Å²) >= 11 is 12.2. The van der Waals surface area contributed by atoms with Crippen molar-refractivity contribution in [1.29, 1.82) is 0 Å². The predicted molar refractivity (Wildman–Crippen MR) is 156 cm³/mol. The highest BCUT2D eigenvalue weighted by Crippen LogP contribution is 2.31. The number of fused-ring (bicyclic) bond motifs is 1. The van der Waals surface area contributed by atoms with Crippen molar-refractivity contribution in [2.45, 2.75) is 6.54 Å². The molecule has 3 heterocycles. The van der Waals surface area contributed by atoms with Gasteiger partial charge in [-0.15, -0.1) is 0 Å². The lowest BCUT2D eigenvalue weighted by Gasteiger charge is -2.37. The Kier molecular flexibility index (Phi) is 7.10. The summed E-state index contributed by atoms with van der Waals surface area (Å²) in [5, 5.41) is 14.8. The second kappa shape index (κ2) is 10.9. The van der Waals surface area contributed by atoms with E-state index >= 15 is 4.39 Å². The number of aromatic carboxylic acids is 1. The van der Waals surface area contributed by atoms with E-state index in [1.54, 1.807) is 27.7 Å². The van der Waals surface area contributed by atoms with Crippen LogP contribution in [0.15, 0.2) is 78.2 Å². The summed E-state index contributed by atoms with van der Waals surface area (Å²) in [6.07, 6.45) is 4.37. The largest absolute Gasteiger partial charge is 0.477 e. The Bertz CT molecular complexity index is 1820. The summed E-state index contributed by atoms with van der Waals surface area (Å²) in [4.78, 5) is 33.0. The first kappa shape index (κ1) is 26.8. The number of carbonyl (C=O) groups is 1. The molecule has 12 heteroatoms. The number of pyridine rings is 1. The minimum Gasteiger partial charge on any atom is -0.477 e. The monoisotopic (exact) mass is 592 g/mol. The van der Waals surface area contributed by atoms with Gasteiger partial charge in [-0.05, 0) is 48.0 Å². The second-order valence-corrected chi connectivity index (χ2v) is 10.5. The van der Waals surface area contributed by atoms with E-state index in [9.17, 15) is 14.7 Å². The zero-order valence-corrected chi connectivity index (χ0v) is 23.1. The first-order valence-electron chi connectivity index (χ1n) is 12.8. The predicted octanol–water partition coefficient (Wildman–Crippen LogP) is 5.10. The molecule has 0 amide bonds. The molecule has 0 spiro atoms. The first-order valence-corrected chi connectivity index (χ1v) is 13.5. The molecule has 1 N–H and O–H groups in total. The van der Waals surface area contributed by atoms with E-state index in [-0.39, 0.29) is 5.39 Å². The minimum absolute atomic E-state index is 0.00714. The second-order valence-electron chi connectivity index (χ2n) is 9.70. The normalized spacial score (nSPS) is 13.6. The number of benzene rings is 3. The standard InChI is InChI=1S/C29H23Cl2FN6O3/c30-23-6-5-20(11-24(23)31)35-7-9-36(10-8-35)27-13-26-21(12-25(27)32)28(39)22(29(40)41)15-38(26)19-3-1-18(2-4-19)14-37-17-33-16-34-37/h1-6,11-13,15-17H,7-10,14H2,(H,40,41). The summed E-state index contributed by atoms with van der Waals surface area (Å²) in [5.74, 6) is -1.97. The summed E-state index contributed by atoms with van der Waals surface area (Å²) in [6.45, 7) is 2.80. The molecule has 0 bridgehead atoms. The van der Waals surface area contributed by atoms with Crippen LogP contribution >= 0.6 is 23.2 Å². The van der Waals surface area contributed by atoms with Gasteiger partial charge in [-0.25, -0.2) is 18.9 Å². The summed E-state index contributed by atoms with van der Waals surface area (Å²) in [7, 11) is 0. The average Bonchev–Trinajstić information content (AvgIpc) is 3.48. The van der Waals surface area contributed by atoms with Crippen molar-refractivity contribution in [3.8, 4) is 5.69 Å². The zero-order chi connectivity index (χ0) is 28.7. The number of hydrogen-bond donors (Lipinski definition) is 1. The fourth-order valence-electron chi connectivity index (χ4n) is 5.09. The van der Waals surface area contributed by atoms with Crippen molar-refractivity contribution in [2.24, 2.45) is 0 Å². The van der Waals surface area contributed by atoms with Crippen molar-refractivity contribution in [3.63, 3.8) is 0 Å². The Morgan fingerprint density at radius 3 is 2.29 bits per heavy atom. The SMILES string of the molecule is O=C(O)c1cn(-c2ccc(Cn3cncn3)cc2)c2cc(N3CCN(c4ccc(Cl)c(Cl)c4)CC3)c(F)cc2c1=O. The quantitative estimate of drug-likeness (QED) is 0.293. The highest BCUT2D eigenvalue weighted by atomic mass is 35.5. The molecule has 3 aromatic carbocycles. The molecule has 9 nitrogen and oxygen atoms in total. The van der Waals surface area contributed by atoms with E-state index in [0.29, 0.717) is 59.7 Å². The fraction of sp³-hybridized carbons (Fsp3) is 0.172. The van der Waals surface area contributed by atoms with Crippen molar-refractivity contribution < 1.29 is 14.3 Å². The van der Waals surface area contributed by atoms with Crippen molar-refractivity contribution in [1.82, 2.24) is 19.3 Å². The van der Waals surface area contributed by atoms with Gasteiger partial charge in [-0.1, -0.05) is 35.3 Å². The van der Waals surface area contributed by atoms with Crippen molar-refractivity contribution in [2.75, 3.05) is 36.0 Å². The van der Waals surface area contributed by atoms with Gasteiger partial charge in [-0.2, -0.15) is 5.10 Å². The Labute approximate surface area is 243 Å². The Balaban J connectivity index is 1.35. The number of anilines is 2. The number of nitrogens with zero attached hydrogens (tertiary/aromatic N) is 6. The zero-order valence-electron chi connectivity index (χ0n) is 21.5. The van der Waals surface area contributed by atoms with Gasteiger partial charge in [0.2, 0.25) is 5.43 Å². The molecule has 0 saturated carbocycles. The molecule has 208 valence electrons. The molecule has 0 atom stereocenters. The number of hydrogen-bond acceptors (Lipinski definition) is 6. The molecule has 0 radical (unpaired) electrons. The number of piperazine rings is 1. The molecule has 41 heavy (non-hydrogen) atoms. The van der Waals surface area contributed by atoms with Crippen LogP contribution < -0.4 is 15.2 Å². The van der Waals surface area contributed by atoms with Gasteiger partial charge in [-0.3, -0.25) is 4.79 Å². The third-order valence-corrected chi connectivity index (χ3v) is 7.96. The Hall–Kier alpha value is -4.41. The first-order chi connectivity index (χ1) is 19.8. The number of halogens is 3. The molecule has 2 aromatic heterocycles. The maximum Gasteiger partial charge on any atom is 0.341 e. The average molecular weight is 593 g/mol. The summed E-state index contributed by atoms with van der Waals surface area (Å²) in [5.41, 5.74) is 2.09. The van der Waals surface area contributed by atoms with Crippen LogP contribution in [0.2, 0.25) is 10.0 Å². The molecule has 0 aliphatic carbocycles. The van der Waals surface area contributed by atoms with E-state index in [4.69, 9.17) is 23.2 Å². The van der Waals surface area contributed by atoms with Gasteiger partial charge in [0, 0.05) is 49.1 Å². The van der Waals surface area contributed by atoms with Crippen LogP contribution in [0.5, 0.6) is 0 Å². The van der Waals surface area contributed by atoms with Crippen LogP contribution in [-0.4, -0.2) is 56.6 Å². The minimum atomic E-state index is -1.38. The lowest BCUT2D eigenvalue weighted by molar-refractivity contribution is 0.0695. The summed E-state index contributed by atoms with van der Waals surface area (Å²) in [6, 6.07) is 15.6. The number of carboxylic acid groups (broad SMARTS) is 1. The van der Waals surface area contributed by atoms with Gasteiger partial charge in [0.15, 0.2) is 0 Å². The van der Waals surface area contributed by atoms with Crippen LogP contribution in [0.4, 0.5) is 15.8 Å². The van der Waals surface area contributed by atoms with Crippen LogP contribution in [0.3, 0.4) is 0 Å². The van der Waals surface area contributed by atoms with Gasteiger partial charge in [0.05, 0.1) is 27.8 Å². The molecule has 5 aromatic rings. The van der Waals surface area contributed by atoms with E-state index < -0.39 is 22.8 Å². The van der Waals surface area contributed by atoms with Crippen molar-refractivity contribution in [3.05, 3.63) is 111 Å². The maximum atomic E-state index is 15.5. The molecular weight excluding hydrogens is 570 g/mol. The van der Waals surface area contributed by atoms with Crippen LogP contribution in [-0.2, 0) is 6.54 Å². The van der Waals surface area contributed by atoms with E-state index in [1.165, 1.54) is 12.5 Å². The third-order valence-electron chi connectivity index (χ3n) is 7.22. The van der Waals surface area contributed by atoms with Crippen LogP contribution in [0, 0.1) is 5.82 Å². The Morgan fingerprint density at radius 1 is 0.927 bits per heavy atom. The molecular formula is C29H23Cl2FN6O3. The van der Waals surface area contributed by atoms with Gasteiger partial charge < -0.3 is 19.5 Å². The van der Waals surface area contributed by atoms with E-state index in [2.05, 4.69) is 15.0 Å². The number of rotatable bonds is 6. The van der Waals surface area contributed by atoms with E-state index in [0.717, 1.165) is 17.3 Å². The summed E-state index contributed by atoms with van der Waals surface area (Å²) < 4.78 is 18.8. The lowest BCUT2D eigenvalue weighted by atomic mass is 10.1. The molecule has 1 aliphatic rings. The highest BCUT2D eigenvalue weighted by molar-refractivity contribution is 6.42. The van der Waals surface area contributed by atoms with E-state index in [1.807, 2.05) is 41.3 Å². The van der Waals surface area contributed by atoms with Gasteiger partial charge in [0.1, 0.15) is 24.0 Å². The highest BCUT2D eigenvalue weighted by Gasteiger charge is 2.23. The van der Waals surface area contributed by atoms with Crippen LogP contribution in [0.25, 0.3) is 16.6 Å². The molecule has 6 rings (SSSR count). The van der Waals surface area contributed by atoms with Crippen molar-refractivity contribution >= 4 is 51.4 Å². The maximum absolute atomic E-state index is 15.5. The number of aromatic nitrogens is 4. The molecule has 1 saturated heterocycles. The molecule has 1 fully saturated rings. The third kappa shape index (κ3) is 5.23. The molecule has 0 unspecified atom stereocenters. The topological polar surface area (TPSA) is 96.5 Å². The number of carboxylic acids is 1. The lowest BCUT2D eigenvalue weighted by Crippen LogP contribution is -2.46. The van der Waals surface area contributed by atoms with Gasteiger partial charge >= 0.3 is 5.97 Å². The molecule has 1 aliphatic heterocycles. The Morgan fingerprint density at radius 2 is 1.63 bits per heavy atom. The van der Waals surface area contributed by atoms with Gasteiger partial charge in [0.25, 0.3) is 0 Å².